The molecule has 0 heterocycles. The van der Waals surface area contributed by atoms with Gasteiger partial charge in [0.2, 0.25) is 0 Å². The Balaban J connectivity index is 5.18. The smallest absolute Gasteiger partial charge is 0.450 e. The molecule has 0 aromatic rings. The van der Waals surface area contributed by atoms with E-state index in [4.69, 9.17) is 9.49 Å². The molecule has 0 aliphatic carbocycles. The van der Waals surface area contributed by atoms with Crippen molar-refractivity contribution in [2.75, 3.05) is 26.7 Å². The number of quaternary nitrogens is 1. The van der Waals surface area contributed by atoms with Gasteiger partial charge in [-0.2, -0.15) is 13.1 Å². The van der Waals surface area contributed by atoms with Crippen LogP contribution in [0.5, 0.6) is 0 Å². The molecule has 0 fully saturated rings. The monoisotopic (exact) mass is 271 g/mol. The van der Waals surface area contributed by atoms with E-state index in [1.54, 1.807) is 20.8 Å². The van der Waals surface area contributed by atoms with Gasteiger partial charge in [0.15, 0.2) is 0 Å². The average Bonchev–Trinajstić information content (AvgIpc) is 2.29. The van der Waals surface area contributed by atoms with E-state index in [9.17, 15) is 13.2 Å². The summed E-state index contributed by atoms with van der Waals surface area (Å²) in [5.74, 6) is 0. The number of amides is 1. The zero-order valence-corrected chi connectivity index (χ0v) is 11.2. The molecule has 0 unspecified atom stereocenters. The molecule has 0 aromatic heterocycles. The van der Waals surface area contributed by atoms with E-state index in [0.29, 0.717) is 19.6 Å². The zero-order valence-electron chi connectivity index (χ0n) is 10.4. The van der Waals surface area contributed by atoms with Gasteiger partial charge >= 0.3 is 16.4 Å². The van der Waals surface area contributed by atoms with Crippen molar-refractivity contribution in [3.05, 3.63) is 0 Å². The van der Waals surface area contributed by atoms with Crippen LogP contribution in [0.15, 0.2) is 0 Å². The van der Waals surface area contributed by atoms with Gasteiger partial charge in [0.1, 0.15) is 19.6 Å². The van der Waals surface area contributed by atoms with Crippen molar-refractivity contribution in [1.82, 2.24) is 4.47 Å². The third-order valence-corrected chi connectivity index (χ3v) is 3.14. The van der Waals surface area contributed by atoms with Crippen LogP contribution < -0.4 is 0 Å². The third kappa shape index (κ3) is 4.11. The number of nitrogens with zero attached hydrogens (tertiary/aromatic N) is 2. The van der Waals surface area contributed by atoms with Gasteiger partial charge in [-0.25, -0.2) is 4.79 Å². The lowest BCUT2D eigenvalue weighted by atomic mass is 10.5. The fourth-order valence-corrected chi connectivity index (χ4v) is 1.73. The van der Waals surface area contributed by atoms with Crippen molar-refractivity contribution < 1.29 is 32.1 Å². The minimum Gasteiger partial charge on any atom is -0.450 e. The first-order valence-electron chi connectivity index (χ1n) is 5.17. The molecule has 102 valence electrons. The Labute approximate surface area is 101 Å². The van der Waals surface area contributed by atoms with E-state index in [1.807, 2.05) is 0 Å². The number of carbonyl (C=O) groups is 1. The molecule has 0 aliphatic heterocycles. The van der Waals surface area contributed by atoms with Gasteiger partial charge in [-0.05, 0) is 20.8 Å². The normalized spacial score (nSPS) is 12.3. The van der Waals surface area contributed by atoms with Gasteiger partial charge in [-0.1, -0.05) is 4.94 Å². The van der Waals surface area contributed by atoms with Crippen LogP contribution in [0, 0.1) is 0 Å². The Morgan fingerprint density at radius 2 is 1.65 bits per heavy atom. The molecule has 0 aliphatic rings. The van der Waals surface area contributed by atoms with Crippen molar-refractivity contribution in [1.29, 1.82) is 0 Å². The van der Waals surface area contributed by atoms with Crippen LogP contribution >= 0.6 is 0 Å². The number of hydrogen-bond donors (Lipinski definition) is 1. The second kappa shape index (κ2) is 6.15. The highest BCUT2D eigenvalue weighted by Gasteiger charge is 2.38. The SMILES string of the molecule is CC[N+](CC)(CC)ON(C(=O)OC)S(=O)(=O)O. The van der Waals surface area contributed by atoms with Crippen LogP contribution in [0.2, 0.25) is 0 Å². The lowest BCUT2D eigenvalue weighted by Crippen LogP contribution is -2.54. The lowest BCUT2D eigenvalue weighted by Gasteiger charge is -2.33. The van der Waals surface area contributed by atoms with E-state index in [2.05, 4.69) is 4.74 Å². The standard InChI is InChI=1S/C8H18N2O6S/c1-5-10(6-2,7-3)16-9(8(11)15-4)17(12,13)14/h5-7H2,1-4H3/p+1. The van der Waals surface area contributed by atoms with E-state index >= 15 is 0 Å². The number of hydrogen-bond acceptors (Lipinski definition) is 5. The molecule has 17 heavy (non-hydrogen) atoms. The fourth-order valence-electron chi connectivity index (χ4n) is 1.25. The highest BCUT2D eigenvalue weighted by atomic mass is 32.2. The summed E-state index contributed by atoms with van der Waals surface area (Å²) in [6.07, 6.45) is -1.30. The Kier molecular flexibility index (Phi) is 5.82. The molecule has 0 rings (SSSR count). The fraction of sp³-hybridized carbons (Fsp3) is 0.875. The third-order valence-electron chi connectivity index (χ3n) is 2.51. The Morgan fingerprint density at radius 3 is 1.88 bits per heavy atom. The topological polar surface area (TPSA) is 93.1 Å². The van der Waals surface area contributed by atoms with Crippen molar-refractivity contribution in [2.24, 2.45) is 0 Å². The molecule has 8 nitrogen and oxygen atoms in total. The Morgan fingerprint density at radius 1 is 1.24 bits per heavy atom. The molecular weight excluding hydrogens is 252 g/mol. The second-order valence-corrected chi connectivity index (χ2v) is 4.49. The number of carbonyl (C=O) groups excluding carboxylic acids is 1. The van der Waals surface area contributed by atoms with Crippen molar-refractivity contribution in [3.8, 4) is 0 Å². The molecule has 0 radical (unpaired) electrons. The largest absolute Gasteiger partial charge is 0.455 e. The van der Waals surface area contributed by atoms with Gasteiger partial charge < -0.3 is 4.74 Å². The summed E-state index contributed by atoms with van der Waals surface area (Å²) in [7, 11) is -3.83. The van der Waals surface area contributed by atoms with Gasteiger partial charge in [0.05, 0.1) is 7.11 Å². The van der Waals surface area contributed by atoms with Crippen LogP contribution in [-0.4, -0.2) is 54.9 Å². The summed E-state index contributed by atoms with van der Waals surface area (Å²) in [6.45, 7) is 6.59. The predicted molar refractivity (Wildman–Crippen MR) is 58.8 cm³/mol. The zero-order chi connectivity index (χ0) is 13.7. The number of rotatable bonds is 6. The number of ether oxygens (including phenoxy) is 1. The number of methoxy groups -OCH3 is 1. The van der Waals surface area contributed by atoms with Gasteiger partial charge in [-0.3, -0.25) is 4.55 Å². The van der Waals surface area contributed by atoms with Crippen LogP contribution in [0.25, 0.3) is 0 Å². The summed E-state index contributed by atoms with van der Waals surface area (Å²) in [6, 6.07) is 0. The highest BCUT2D eigenvalue weighted by Crippen LogP contribution is 2.13. The van der Waals surface area contributed by atoms with Crippen LogP contribution in [0.1, 0.15) is 20.8 Å². The summed E-state index contributed by atoms with van der Waals surface area (Å²) >= 11 is 0. The van der Waals surface area contributed by atoms with Crippen molar-refractivity contribution in [3.63, 3.8) is 0 Å². The van der Waals surface area contributed by atoms with Crippen molar-refractivity contribution >= 4 is 16.4 Å². The average molecular weight is 271 g/mol. The first kappa shape index (κ1) is 16.1. The van der Waals surface area contributed by atoms with Crippen molar-refractivity contribution in [2.45, 2.75) is 20.8 Å². The quantitative estimate of drug-likeness (QED) is 0.431. The second-order valence-electron chi connectivity index (χ2n) is 3.26. The number of hydroxylamine groups is 4. The first-order chi connectivity index (χ1) is 7.76. The predicted octanol–water partition coefficient (Wildman–Crippen LogP) is 0.581. The highest BCUT2D eigenvalue weighted by molar-refractivity contribution is 7.83. The molecule has 9 heteroatoms. The van der Waals surface area contributed by atoms with E-state index in [-0.39, 0.29) is 9.11 Å². The summed E-state index contributed by atoms with van der Waals surface area (Å²) < 4.78 is 34.8. The summed E-state index contributed by atoms with van der Waals surface area (Å²) in [5.41, 5.74) is 0. The van der Waals surface area contributed by atoms with Gasteiger partial charge in [0, 0.05) is 4.47 Å². The first-order valence-corrected chi connectivity index (χ1v) is 6.57. The Hall–Kier alpha value is -0.900. The van der Waals surface area contributed by atoms with Gasteiger partial charge in [0.25, 0.3) is 0 Å². The lowest BCUT2D eigenvalue weighted by molar-refractivity contribution is -1.12. The van der Waals surface area contributed by atoms with Crippen LogP contribution in [-0.2, 0) is 20.0 Å². The Bertz CT molecular complexity index is 343. The molecule has 0 spiro atoms. The van der Waals surface area contributed by atoms with E-state index in [1.165, 1.54) is 0 Å². The molecule has 0 aromatic carbocycles. The molecule has 0 bridgehead atoms. The van der Waals surface area contributed by atoms with Gasteiger partial charge in [-0.15, -0.1) is 0 Å². The van der Waals surface area contributed by atoms with E-state index in [0.717, 1.165) is 7.11 Å². The molecule has 1 amide bonds. The molecular formula is C8H19N2O6S+. The van der Waals surface area contributed by atoms with Crippen LogP contribution in [0.3, 0.4) is 0 Å². The molecule has 0 atom stereocenters. The minimum atomic E-state index is -4.82. The maximum absolute atomic E-state index is 11.2. The maximum atomic E-state index is 11.2. The summed E-state index contributed by atoms with van der Waals surface area (Å²) in [5, 5.41) is 0. The van der Waals surface area contributed by atoms with Crippen LogP contribution in [0.4, 0.5) is 4.79 Å². The summed E-state index contributed by atoms with van der Waals surface area (Å²) in [4.78, 5) is 16.3. The minimum absolute atomic E-state index is 0.130. The molecule has 1 N–H and O–H groups in total. The van der Waals surface area contributed by atoms with E-state index < -0.39 is 16.4 Å². The maximum Gasteiger partial charge on any atom is 0.455 e. The molecule has 0 saturated heterocycles. The molecule has 0 saturated carbocycles.